The second kappa shape index (κ2) is 5.74. The number of aromatic nitrogens is 1. The molecule has 110 valence electrons. The number of alkyl halides is 3. The number of rotatable bonds is 4. The zero-order valence-electron chi connectivity index (χ0n) is 10.9. The average molecular weight is 305 g/mol. The van der Waals surface area contributed by atoms with Gasteiger partial charge in [0.2, 0.25) is 0 Å². The van der Waals surface area contributed by atoms with Crippen LogP contribution in [0, 0.1) is 0 Å². The summed E-state index contributed by atoms with van der Waals surface area (Å²) in [5, 5.41) is 2.57. The molecule has 0 aliphatic carbocycles. The zero-order valence-corrected chi connectivity index (χ0v) is 11.7. The number of hydrogen-bond acceptors (Lipinski definition) is 3. The van der Waals surface area contributed by atoms with Gasteiger partial charge < -0.3 is 11.1 Å². The number of pyridine rings is 1. The minimum Gasteiger partial charge on any atom is -0.391 e. The smallest absolute Gasteiger partial charge is 0.391 e. The van der Waals surface area contributed by atoms with Gasteiger partial charge in [0.25, 0.3) is 5.91 Å². The van der Waals surface area contributed by atoms with Crippen molar-refractivity contribution >= 4 is 23.1 Å². The van der Waals surface area contributed by atoms with E-state index >= 15 is 0 Å². The summed E-state index contributed by atoms with van der Waals surface area (Å²) in [6.07, 6.45) is -3.42. The van der Waals surface area contributed by atoms with E-state index in [4.69, 9.17) is 18.0 Å². The number of nitrogens with one attached hydrogen (secondary N) is 1. The molecule has 1 unspecified atom stereocenters. The molecule has 1 rings (SSSR count). The quantitative estimate of drug-likeness (QED) is 0.838. The van der Waals surface area contributed by atoms with Crippen LogP contribution >= 0.6 is 12.2 Å². The van der Waals surface area contributed by atoms with E-state index in [-0.39, 0.29) is 10.7 Å². The molecule has 0 aliphatic rings. The first-order chi connectivity index (χ1) is 9.10. The Morgan fingerprint density at radius 2 is 2.05 bits per heavy atom. The normalized spacial score (nSPS) is 14.4. The average Bonchev–Trinajstić information content (AvgIpc) is 2.37. The standard InChI is InChI=1S/C12H14F3N3OS/c1-3-11(2,10(16)20)18-9(19)8-5-4-7(6-17-8)12(13,14)15/h4-6H,3H2,1-2H3,(H2,16,20)(H,18,19). The van der Waals surface area contributed by atoms with Crippen LogP contribution in [0.2, 0.25) is 0 Å². The molecular weight excluding hydrogens is 291 g/mol. The Bertz CT molecular complexity index is 516. The van der Waals surface area contributed by atoms with E-state index in [1.54, 1.807) is 13.8 Å². The topological polar surface area (TPSA) is 68.0 Å². The van der Waals surface area contributed by atoms with Crippen LogP contribution in [0.15, 0.2) is 18.3 Å². The predicted molar refractivity (Wildman–Crippen MR) is 72.2 cm³/mol. The molecule has 1 heterocycles. The van der Waals surface area contributed by atoms with E-state index in [0.29, 0.717) is 12.6 Å². The molecule has 0 aliphatic heterocycles. The molecular formula is C12H14F3N3OS. The molecule has 1 amide bonds. The Morgan fingerprint density at radius 1 is 1.45 bits per heavy atom. The molecule has 1 aromatic heterocycles. The van der Waals surface area contributed by atoms with E-state index in [0.717, 1.165) is 12.1 Å². The number of thiocarbonyl (C=S) groups is 1. The Kier molecular flexibility index (Phi) is 4.69. The third-order valence-corrected chi connectivity index (χ3v) is 3.41. The van der Waals surface area contributed by atoms with Crippen LogP contribution in [0.5, 0.6) is 0 Å². The lowest BCUT2D eigenvalue weighted by Crippen LogP contribution is -2.54. The summed E-state index contributed by atoms with van der Waals surface area (Å²) in [7, 11) is 0. The lowest BCUT2D eigenvalue weighted by Gasteiger charge is -2.28. The number of carbonyl (C=O) groups is 1. The fourth-order valence-corrected chi connectivity index (χ4v) is 1.53. The Morgan fingerprint density at radius 3 is 2.40 bits per heavy atom. The molecule has 0 radical (unpaired) electrons. The number of amides is 1. The van der Waals surface area contributed by atoms with Crippen LogP contribution in [0.4, 0.5) is 13.2 Å². The second-order valence-corrected chi connectivity index (χ2v) is 4.87. The van der Waals surface area contributed by atoms with Crippen molar-refractivity contribution < 1.29 is 18.0 Å². The minimum atomic E-state index is -4.49. The fourth-order valence-electron chi connectivity index (χ4n) is 1.33. The highest BCUT2D eigenvalue weighted by molar-refractivity contribution is 7.80. The van der Waals surface area contributed by atoms with Gasteiger partial charge in [0.1, 0.15) is 5.69 Å². The largest absolute Gasteiger partial charge is 0.417 e. The molecule has 0 saturated heterocycles. The minimum absolute atomic E-state index is 0.0975. The van der Waals surface area contributed by atoms with E-state index in [1.807, 2.05) is 0 Å². The summed E-state index contributed by atoms with van der Waals surface area (Å²) < 4.78 is 37.1. The maximum absolute atomic E-state index is 12.4. The molecule has 0 spiro atoms. The van der Waals surface area contributed by atoms with Crippen molar-refractivity contribution in [3.8, 4) is 0 Å². The second-order valence-electron chi connectivity index (χ2n) is 4.43. The van der Waals surface area contributed by atoms with Crippen LogP contribution in [0.3, 0.4) is 0 Å². The van der Waals surface area contributed by atoms with Gasteiger partial charge in [-0.05, 0) is 25.5 Å². The molecule has 8 heteroatoms. The third-order valence-electron chi connectivity index (χ3n) is 2.96. The first-order valence-electron chi connectivity index (χ1n) is 5.76. The van der Waals surface area contributed by atoms with Gasteiger partial charge in [0, 0.05) is 6.20 Å². The van der Waals surface area contributed by atoms with Crippen molar-refractivity contribution in [3.63, 3.8) is 0 Å². The van der Waals surface area contributed by atoms with Crippen LogP contribution in [-0.2, 0) is 6.18 Å². The molecule has 1 aromatic rings. The summed E-state index contributed by atoms with van der Waals surface area (Å²) in [5.41, 5.74) is 3.58. The van der Waals surface area contributed by atoms with Crippen LogP contribution < -0.4 is 11.1 Å². The summed E-state index contributed by atoms with van der Waals surface area (Å²) in [6, 6.07) is 1.81. The highest BCUT2D eigenvalue weighted by Gasteiger charge is 2.32. The molecule has 1 atom stereocenters. The van der Waals surface area contributed by atoms with Gasteiger partial charge in [-0.3, -0.25) is 9.78 Å². The molecule has 0 bridgehead atoms. The van der Waals surface area contributed by atoms with Gasteiger partial charge in [0.05, 0.1) is 16.1 Å². The van der Waals surface area contributed by atoms with Gasteiger partial charge in [-0.25, -0.2) is 0 Å². The monoisotopic (exact) mass is 305 g/mol. The molecule has 0 saturated carbocycles. The Hall–Kier alpha value is -1.70. The third kappa shape index (κ3) is 3.66. The Labute approximate surface area is 119 Å². The Balaban J connectivity index is 2.91. The maximum Gasteiger partial charge on any atom is 0.417 e. The van der Waals surface area contributed by atoms with Crippen molar-refractivity contribution in [2.24, 2.45) is 5.73 Å². The van der Waals surface area contributed by atoms with Gasteiger partial charge in [-0.1, -0.05) is 19.1 Å². The van der Waals surface area contributed by atoms with E-state index in [2.05, 4.69) is 10.3 Å². The number of carbonyl (C=O) groups excluding carboxylic acids is 1. The summed E-state index contributed by atoms with van der Waals surface area (Å²) in [5.74, 6) is -0.629. The van der Waals surface area contributed by atoms with Gasteiger partial charge in [-0.15, -0.1) is 0 Å². The molecule has 0 fully saturated rings. The van der Waals surface area contributed by atoms with E-state index < -0.39 is 23.2 Å². The summed E-state index contributed by atoms with van der Waals surface area (Å²) >= 11 is 4.86. The molecule has 0 aromatic carbocycles. The zero-order chi connectivity index (χ0) is 15.6. The van der Waals surface area contributed by atoms with E-state index in [9.17, 15) is 18.0 Å². The van der Waals surface area contributed by atoms with Crippen molar-refractivity contribution in [1.82, 2.24) is 10.3 Å². The highest BCUT2D eigenvalue weighted by atomic mass is 32.1. The van der Waals surface area contributed by atoms with Gasteiger partial charge in [-0.2, -0.15) is 13.2 Å². The number of nitrogens with zero attached hydrogens (tertiary/aromatic N) is 1. The lowest BCUT2D eigenvalue weighted by molar-refractivity contribution is -0.137. The number of halogens is 3. The molecule has 20 heavy (non-hydrogen) atoms. The van der Waals surface area contributed by atoms with Crippen molar-refractivity contribution in [1.29, 1.82) is 0 Å². The van der Waals surface area contributed by atoms with Gasteiger partial charge >= 0.3 is 6.18 Å². The molecule has 4 nitrogen and oxygen atoms in total. The first-order valence-corrected chi connectivity index (χ1v) is 6.16. The summed E-state index contributed by atoms with van der Waals surface area (Å²) in [4.78, 5) is 15.5. The first kappa shape index (κ1) is 16.4. The van der Waals surface area contributed by atoms with Crippen molar-refractivity contribution in [2.75, 3.05) is 0 Å². The fraction of sp³-hybridized carbons (Fsp3) is 0.417. The van der Waals surface area contributed by atoms with Crippen LogP contribution in [0.25, 0.3) is 0 Å². The predicted octanol–water partition coefficient (Wildman–Crippen LogP) is 2.29. The van der Waals surface area contributed by atoms with E-state index in [1.165, 1.54) is 0 Å². The lowest BCUT2D eigenvalue weighted by atomic mass is 9.99. The van der Waals surface area contributed by atoms with Crippen LogP contribution in [0.1, 0.15) is 36.3 Å². The SMILES string of the molecule is CCC(C)(NC(=O)c1ccc(C(F)(F)F)cn1)C(N)=S. The van der Waals surface area contributed by atoms with Crippen molar-refractivity contribution in [3.05, 3.63) is 29.6 Å². The molecule has 3 N–H and O–H groups in total. The van der Waals surface area contributed by atoms with Crippen LogP contribution in [-0.4, -0.2) is 21.4 Å². The van der Waals surface area contributed by atoms with Crippen molar-refractivity contribution in [2.45, 2.75) is 32.0 Å². The number of hydrogen-bond donors (Lipinski definition) is 2. The number of nitrogens with two attached hydrogens (primary N) is 1. The highest BCUT2D eigenvalue weighted by Crippen LogP contribution is 2.28. The van der Waals surface area contributed by atoms with Gasteiger partial charge in [0.15, 0.2) is 0 Å². The summed E-state index contributed by atoms with van der Waals surface area (Å²) in [6.45, 7) is 3.41. The maximum atomic E-state index is 12.4.